The van der Waals surface area contributed by atoms with E-state index in [4.69, 9.17) is 0 Å². The lowest BCUT2D eigenvalue weighted by molar-refractivity contribution is 0.0953. The first-order chi connectivity index (χ1) is 10.9. The van der Waals surface area contributed by atoms with Crippen molar-refractivity contribution in [2.75, 3.05) is 11.3 Å². The van der Waals surface area contributed by atoms with Crippen LogP contribution in [0.2, 0.25) is 0 Å². The molecule has 0 heterocycles. The van der Waals surface area contributed by atoms with Gasteiger partial charge in [-0.1, -0.05) is 28.9 Å². The van der Waals surface area contributed by atoms with E-state index in [1.807, 2.05) is 13.0 Å². The summed E-state index contributed by atoms with van der Waals surface area (Å²) in [4.78, 5) is 11.9. The van der Waals surface area contributed by atoms with Crippen LogP contribution in [0, 0.1) is 0 Å². The van der Waals surface area contributed by atoms with Crippen molar-refractivity contribution in [1.29, 1.82) is 0 Å². The van der Waals surface area contributed by atoms with Gasteiger partial charge in [0.05, 0.1) is 4.90 Å². The van der Waals surface area contributed by atoms with E-state index < -0.39 is 10.0 Å². The van der Waals surface area contributed by atoms with Gasteiger partial charge in [-0.2, -0.15) is 0 Å². The normalized spacial score (nSPS) is 11.0. The third-order valence-electron chi connectivity index (χ3n) is 3.04. The van der Waals surface area contributed by atoms with E-state index in [0.717, 1.165) is 10.9 Å². The second-order valence-corrected chi connectivity index (χ2v) is 7.49. The van der Waals surface area contributed by atoms with E-state index in [1.54, 1.807) is 18.2 Å². The molecule has 2 aromatic rings. The molecule has 2 rings (SSSR count). The summed E-state index contributed by atoms with van der Waals surface area (Å²) < 4.78 is 28.0. The molecule has 2 N–H and O–H groups in total. The number of carbonyl (C=O) groups excluding carboxylic acids is 1. The van der Waals surface area contributed by atoms with Crippen molar-refractivity contribution < 1.29 is 13.2 Å². The van der Waals surface area contributed by atoms with Crippen LogP contribution in [-0.2, 0) is 10.0 Å². The highest BCUT2D eigenvalue weighted by atomic mass is 79.9. The van der Waals surface area contributed by atoms with Crippen LogP contribution in [-0.4, -0.2) is 20.9 Å². The second kappa shape index (κ2) is 7.61. The van der Waals surface area contributed by atoms with Gasteiger partial charge in [0.2, 0.25) is 0 Å². The molecule has 7 heteroatoms. The molecule has 0 aromatic heterocycles. The molecule has 0 saturated carbocycles. The molecule has 2 aromatic carbocycles. The van der Waals surface area contributed by atoms with Gasteiger partial charge in [0.15, 0.2) is 0 Å². The molecule has 0 spiro atoms. The van der Waals surface area contributed by atoms with Gasteiger partial charge in [-0.3, -0.25) is 9.52 Å². The lowest BCUT2D eigenvalue weighted by atomic mass is 10.2. The maximum absolute atomic E-state index is 12.3. The molecule has 0 atom stereocenters. The van der Waals surface area contributed by atoms with Crippen molar-refractivity contribution >= 4 is 37.5 Å². The zero-order valence-corrected chi connectivity index (χ0v) is 14.9. The number of hydrogen-bond donors (Lipinski definition) is 2. The van der Waals surface area contributed by atoms with E-state index in [-0.39, 0.29) is 10.8 Å². The summed E-state index contributed by atoms with van der Waals surface area (Å²) in [5.41, 5.74) is 0.893. The number of anilines is 1. The lowest BCUT2D eigenvalue weighted by Crippen LogP contribution is -2.24. The molecule has 1 amide bonds. The van der Waals surface area contributed by atoms with Gasteiger partial charge < -0.3 is 5.32 Å². The molecule has 0 saturated heterocycles. The van der Waals surface area contributed by atoms with Crippen LogP contribution >= 0.6 is 15.9 Å². The summed E-state index contributed by atoms with van der Waals surface area (Å²) in [5.74, 6) is -0.212. The van der Waals surface area contributed by atoms with Crippen LogP contribution in [0.3, 0.4) is 0 Å². The summed E-state index contributed by atoms with van der Waals surface area (Å²) in [6.45, 7) is 2.55. The van der Waals surface area contributed by atoms with Gasteiger partial charge in [0.25, 0.3) is 15.9 Å². The zero-order valence-electron chi connectivity index (χ0n) is 12.5. The number of sulfonamides is 1. The van der Waals surface area contributed by atoms with Gasteiger partial charge in [0.1, 0.15) is 0 Å². The number of amides is 1. The van der Waals surface area contributed by atoms with Crippen LogP contribution < -0.4 is 10.0 Å². The van der Waals surface area contributed by atoms with E-state index in [1.165, 1.54) is 24.3 Å². The summed E-state index contributed by atoms with van der Waals surface area (Å²) in [7, 11) is -3.69. The highest BCUT2D eigenvalue weighted by Crippen LogP contribution is 2.20. The Labute approximate surface area is 144 Å². The van der Waals surface area contributed by atoms with E-state index in [0.29, 0.717) is 17.8 Å². The van der Waals surface area contributed by atoms with Crippen molar-refractivity contribution in [3.63, 3.8) is 0 Å². The average molecular weight is 397 g/mol. The van der Waals surface area contributed by atoms with E-state index >= 15 is 0 Å². The van der Waals surface area contributed by atoms with Crippen LogP contribution in [0.25, 0.3) is 0 Å². The minimum Gasteiger partial charge on any atom is -0.352 e. The zero-order chi connectivity index (χ0) is 16.9. The minimum absolute atomic E-state index is 0.101. The molecule has 0 aliphatic carbocycles. The first kappa shape index (κ1) is 17.5. The Morgan fingerprint density at radius 1 is 1.13 bits per heavy atom. The van der Waals surface area contributed by atoms with E-state index in [2.05, 4.69) is 26.0 Å². The largest absolute Gasteiger partial charge is 0.352 e. The molecule has 5 nitrogen and oxygen atoms in total. The molecule has 0 aliphatic heterocycles. The van der Waals surface area contributed by atoms with Crippen molar-refractivity contribution in [1.82, 2.24) is 5.32 Å². The molecular formula is C16H17BrN2O3S. The summed E-state index contributed by atoms with van der Waals surface area (Å²) in [6, 6.07) is 12.7. The predicted molar refractivity (Wildman–Crippen MR) is 94.0 cm³/mol. The number of benzene rings is 2. The Kier molecular flexibility index (Phi) is 5.79. The topological polar surface area (TPSA) is 75.3 Å². The predicted octanol–water partition coefficient (Wildman–Crippen LogP) is 3.39. The first-order valence-electron chi connectivity index (χ1n) is 7.09. The molecule has 0 aliphatic rings. The van der Waals surface area contributed by atoms with Crippen LogP contribution in [0.4, 0.5) is 5.69 Å². The quantitative estimate of drug-likeness (QED) is 0.785. The van der Waals surface area contributed by atoms with Gasteiger partial charge in [-0.05, 0) is 48.9 Å². The highest BCUT2D eigenvalue weighted by Gasteiger charge is 2.15. The second-order valence-electron chi connectivity index (χ2n) is 4.90. The Morgan fingerprint density at radius 2 is 1.83 bits per heavy atom. The maximum Gasteiger partial charge on any atom is 0.261 e. The fraction of sp³-hybridized carbons (Fsp3) is 0.188. The third kappa shape index (κ3) is 4.80. The Bertz CT molecular complexity index is 789. The van der Waals surface area contributed by atoms with Crippen molar-refractivity contribution in [3.8, 4) is 0 Å². The molecule has 0 fully saturated rings. The Balaban J connectivity index is 2.15. The number of rotatable bonds is 6. The van der Waals surface area contributed by atoms with Gasteiger partial charge in [-0.15, -0.1) is 0 Å². The van der Waals surface area contributed by atoms with Crippen LogP contribution in [0.1, 0.15) is 23.7 Å². The SMILES string of the molecule is CCCNC(=O)c1ccc(S(=O)(=O)Nc2cccc(Br)c2)cc1. The van der Waals surface area contributed by atoms with Gasteiger partial charge >= 0.3 is 0 Å². The maximum atomic E-state index is 12.3. The molecule has 122 valence electrons. The monoisotopic (exact) mass is 396 g/mol. The summed E-state index contributed by atoms with van der Waals surface area (Å²) in [5, 5.41) is 2.74. The summed E-state index contributed by atoms with van der Waals surface area (Å²) >= 11 is 3.29. The average Bonchev–Trinajstić information content (AvgIpc) is 2.52. The minimum atomic E-state index is -3.69. The van der Waals surface area contributed by atoms with Crippen LogP contribution in [0.5, 0.6) is 0 Å². The van der Waals surface area contributed by atoms with Crippen molar-refractivity contribution in [3.05, 3.63) is 58.6 Å². The molecule has 0 unspecified atom stereocenters. The van der Waals surface area contributed by atoms with Crippen molar-refractivity contribution in [2.45, 2.75) is 18.2 Å². The summed E-state index contributed by atoms with van der Waals surface area (Å²) in [6.07, 6.45) is 0.842. The fourth-order valence-electron chi connectivity index (χ4n) is 1.89. The number of nitrogens with one attached hydrogen (secondary N) is 2. The van der Waals surface area contributed by atoms with Gasteiger partial charge in [0, 0.05) is 22.3 Å². The fourth-order valence-corrected chi connectivity index (χ4v) is 3.34. The standard InChI is InChI=1S/C16H17BrN2O3S/c1-2-10-18-16(20)12-6-8-15(9-7-12)23(21,22)19-14-5-3-4-13(17)11-14/h3-9,11,19H,2,10H2,1H3,(H,18,20). The number of hydrogen-bond acceptors (Lipinski definition) is 3. The van der Waals surface area contributed by atoms with E-state index in [9.17, 15) is 13.2 Å². The molecular weight excluding hydrogens is 380 g/mol. The third-order valence-corrected chi connectivity index (χ3v) is 4.93. The molecule has 0 bridgehead atoms. The Hall–Kier alpha value is -1.86. The highest BCUT2D eigenvalue weighted by molar-refractivity contribution is 9.10. The van der Waals surface area contributed by atoms with Crippen molar-refractivity contribution in [2.24, 2.45) is 0 Å². The lowest BCUT2D eigenvalue weighted by Gasteiger charge is -2.09. The molecule has 0 radical (unpaired) electrons. The molecule has 23 heavy (non-hydrogen) atoms. The van der Waals surface area contributed by atoms with Gasteiger partial charge in [-0.25, -0.2) is 8.42 Å². The Morgan fingerprint density at radius 3 is 2.43 bits per heavy atom. The first-order valence-corrected chi connectivity index (χ1v) is 9.36. The van der Waals surface area contributed by atoms with Crippen LogP contribution in [0.15, 0.2) is 57.9 Å². The number of carbonyl (C=O) groups is 1. The smallest absolute Gasteiger partial charge is 0.261 e. The number of halogens is 1.